The van der Waals surface area contributed by atoms with Gasteiger partial charge in [-0.3, -0.25) is 0 Å². The number of hydrogen-bond donors (Lipinski definition) is 0. The molecule has 2 aromatic heterocycles. The Morgan fingerprint density at radius 2 is 1.50 bits per heavy atom. The van der Waals surface area contributed by atoms with Gasteiger partial charge in [0.2, 0.25) is 10.3 Å². The summed E-state index contributed by atoms with van der Waals surface area (Å²) in [6.07, 6.45) is 7.61. The van der Waals surface area contributed by atoms with E-state index in [0.29, 0.717) is 18.1 Å². The molecular weight excluding hydrogens is 462 g/mol. The second-order valence-electron chi connectivity index (χ2n) is 10.6. The molecule has 2 bridgehead atoms. The van der Waals surface area contributed by atoms with Crippen molar-refractivity contribution in [3.05, 3.63) is 41.5 Å². The maximum atomic E-state index is 4.72. The van der Waals surface area contributed by atoms with Gasteiger partial charge in [0.25, 0.3) is 0 Å². The van der Waals surface area contributed by atoms with Crippen LogP contribution in [0.4, 0.5) is 16.0 Å². The molecule has 4 aliphatic rings. The lowest BCUT2D eigenvalue weighted by Gasteiger charge is -2.47. The van der Waals surface area contributed by atoms with Crippen LogP contribution in [0.3, 0.4) is 0 Å². The molecule has 34 heavy (non-hydrogen) atoms. The largest absolute Gasteiger partial charge is 0.341 e. The van der Waals surface area contributed by atoms with Crippen molar-refractivity contribution in [2.75, 3.05) is 29.4 Å². The molecule has 0 radical (unpaired) electrons. The first-order valence-electron chi connectivity index (χ1n) is 12.6. The van der Waals surface area contributed by atoms with E-state index in [9.17, 15) is 0 Å². The highest BCUT2D eigenvalue weighted by molar-refractivity contribution is 7.10. The zero-order valence-electron chi connectivity index (χ0n) is 19.9. The van der Waals surface area contributed by atoms with Crippen LogP contribution in [0.5, 0.6) is 0 Å². The first kappa shape index (κ1) is 21.2. The van der Waals surface area contributed by atoms with Crippen LogP contribution >= 0.6 is 23.1 Å². The van der Waals surface area contributed by atoms with E-state index < -0.39 is 0 Å². The zero-order chi connectivity index (χ0) is 22.9. The Labute approximate surface area is 209 Å². The molecule has 7 rings (SSSR count). The van der Waals surface area contributed by atoms with Crippen LogP contribution in [0, 0.1) is 13.8 Å². The fraction of sp³-hybridized carbons (Fsp3) is 0.600. The van der Waals surface area contributed by atoms with E-state index in [-0.39, 0.29) is 5.41 Å². The van der Waals surface area contributed by atoms with Gasteiger partial charge in [-0.25, -0.2) is 9.97 Å². The average Bonchev–Trinajstić information content (AvgIpc) is 3.60. The number of nitrogens with zero attached hydrogens (tertiary/aromatic N) is 7. The third-order valence-corrected chi connectivity index (χ3v) is 10.3. The Kier molecular flexibility index (Phi) is 4.97. The predicted molar refractivity (Wildman–Crippen MR) is 138 cm³/mol. The predicted octanol–water partition coefficient (Wildman–Crippen LogP) is 4.69. The van der Waals surface area contributed by atoms with E-state index in [0.717, 1.165) is 28.5 Å². The minimum atomic E-state index is 0.233. The van der Waals surface area contributed by atoms with E-state index in [1.54, 1.807) is 11.5 Å². The molecule has 1 aromatic carbocycles. The van der Waals surface area contributed by atoms with Crippen LogP contribution in [-0.2, 0) is 5.41 Å². The summed E-state index contributed by atoms with van der Waals surface area (Å²) in [5.74, 6) is 1.79. The van der Waals surface area contributed by atoms with Crippen molar-refractivity contribution < 1.29 is 0 Å². The molecule has 0 amide bonds. The summed E-state index contributed by atoms with van der Waals surface area (Å²) in [6, 6.07) is 11.0. The molecule has 0 saturated carbocycles. The van der Waals surface area contributed by atoms with Crippen LogP contribution in [-0.4, -0.2) is 61.4 Å². The average molecular weight is 494 g/mol. The van der Waals surface area contributed by atoms with Gasteiger partial charge in [0.1, 0.15) is 11.6 Å². The van der Waals surface area contributed by atoms with Crippen molar-refractivity contribution in [3.8, 4) is 0 Å². The van der Waals surface area contributed by atoms with E-state index in [1.807, 2.05) is 13.8 Å². The van der Waals surface area contributed by atoms with Crippen molar-refractivity contribution in [2.24, 2.45) is 0 Å². The van der Waals surface area contributed by atoms with Crippen LogP contribution in [0.1, 0.15) is 55.7 Å². The molecular formula is C25H31N7S2. The lowest BCUT2D eigenvalue weighted by molar-refractivity contribution is 0.0954. The molecule has 3 saturated heterocycles. The second kappa shape index (κ2) is 7.96. The number of para-hydroxylation sites is 1. The standard InChI is InChI=1S/C25H31N7S2/c1-16-26-23(33-28-16)31-15-25(21-5-3-4-6-22(21)31)9-11-30(12-10-25)20-13-18-7-8-19(14-20)32(18)24-27-17(2)29-34-24/h3-6,18-20H,7-15H2,1-2H3. The Morgan fingerprint density at radius 3 is 2.15 bits per heavy atom. The van der Waals surface area contributed by atoms with Gasteiger partial charge in [-0.1, -0.05) is 18.2 Å². The molecule has 0 aliphatic carbocycles. The fourth-order valence-corrected chi connectivity index (χ4v) is 8.60. The number of likely N-dealkylation sites (tertiary alicyclic amines) is 1. The highest BCUT2D eigenvalue weighted by Gasteiger charge is 2.48. The first-order valence-corrected chi connectivity index (χ1v) is 14.1. The van der Waals surface area contributed by atoms with Crippen LogP contribution in [0.15, 0.2) is 24.3 Å². The van der Waals surface area contributed by atoms with Crippen molar-refractivity contribution >= 4 is 39.0 Å². The van der Waals surface area contributed by atoms with Crippen molar-refractivity contribution in [3.63, 3.8) is 0 Å². The number of rotatable bonds is 3. The van der Waals surface area contributed by atoms with Gasteiger partial charge in [-0.2, -0.15) is 8.75 Å². The highest BCUT2D eigenvalue weighted by atomic mass is 32.1. The molecule has 3 aromatic rings. The van der Waals surface area contributed by atoms with E-state index in [1.165, 1.54) is 74.4 Å². The number of aryl methyl sites for hydroxylation is 2. The molecule has 7 nitrogen and oxygen atoms in total. The van der Waals surface area contributed by atoms with Gasteiger partial charge in [-0.15, -0.1) is 0 Å². The van der Waals surface area contributed by atoms with Crippen molar-refractivity contribution in [1.29, 1.82) is 0 Å². The Bertz CT molecular complexity index is 1180. The Hall–Kier alpha value is -2.10. The van der Waals surface area contributed by atoms with Crippen LogP contribution in [0.25, 0.3) is 0 Å². The van der Waals surface area contributed by atoms with Gasteiger partial charge >= 0.3 is 0 Å². The molecule has 2 unspecified atom stereocenters. The van der Waals surface area contributed by atoms with Gasteiger partial charge < -0.3 is 14.7 Å². The number of benzene rings is 1. The first-order chi connectivity index (χ1) is 16.6. The van der Waals surface area contributed by atoms with E-state index in [2.05, 4.69) is 47.7 Å². The van der Waals surface area contributed by atoms with Crippen LogP contribution in [0.2, 0.25) is 0 Å². The summed E-state index contributed by atoms with van der Waals surface area (Å²) in [4.78, 5) is 17.3. The molecule has 178 valence electrons. The number of fused-ring (bicyclic) bond motifs is 4. The number of piperidine rings is 2. The quantitative estimate of drug-likeness (QED) is 0.524. The summed E-state index contributed by atoms with van der Waals surface area (Å²) in [5.41, 5.74) is 3.09. The fourth-order valence-electron chi connectivity index (χ4n) is 7.09. The SMILES string of the molecule is Cc1nsc(N2CC3(CCN(C4CC5CCC(C4)N5c4nc(C)ns4)CC3)c3ccccc32)n1. The Morgan fingerprint density at radius 1 is 0.853 bits per heavy atom. The molecule has 3 fully saturated rings. The lowest BCUT2D eigenvalue weighted by atomic mass is 9.73. The smallest absolute Gasteiger partial charge is 0.209 e. The van der Waals surface area contributed by atoms with Crippen LogP contribution < -0.4 is 9.80 Å². The van der Waals surface area contributed by atoms with E-state index in [4.69, 9.17) is 9.97 Å². The third kappa shape index (κ3) is 3.31. The number of aromatic nitrogens is 4. The van der Waals surface area contributed by atoms with Gasteiger partial charge in [0.05, 0.1) is 0 Å². The maximum Gasteiger partial charge on any atom is 0.209 e. The molecule has 0 N–H and O–H groups in total. The normalized spacial score (nSPS) is 28.1. The molecule has 6 heterocycles. The third-order valence-electron chi connectivity index (χ3n) is 8.69. The topological polar surface area (TPSA) is 61.3 Å². The van der Waals surface area contributed by atoms with Crippen molar-refractivity contribution in [2.45, 2.75) is 75.9 Å². The van der Waals surface area contributed by atoms with Crippen molar-refractivity contribution in [1.82, 2.24) is 23.6 Å². The summed E-state index contributed by atoms with van der Waals surface area (Å²) >= 11 is 3.11. The minimum absolute atomic E-state index is 0.233. The minimum Gasteiger partial charge on any atom is -0.341 e. The highest BCUT2D eigenvalue weighted by Crippen LogP contribution is 2.50. The Balaban J connectivity index is 1.07. The summed E-state index contributed by atoms with van der Waals surface area (Å²) in [6.45, 7) is 7.42. The summed E-state index contributed by atoms with van der Waals surface area (Å²) in [5, 5.41) is 2.19. The van der Waals surface area contributed by atoms with Gasteiger partial charge in [0, 0.05) is 58.8 Å². The molecule has 2 atom stereocenters. The molecule has 9 heteroatoms. The lowest BCUT2D eigenvalue weighted by Crippen LogP contribution is -2.54. The zero-order valence-corrected chi connectivity index (χ0v) is 21.5. The maximum absolute atomic E-state index is 4.72. The molecule has 4 aliphatic heterocycles. The second-order valence-corrected chi connectivity index (χ2v) is 12.0. The van der Waals surface area contributed by atoms with Gasteiger partial charge in [-0.05, 0) is 77.1 Å². The summed E-state index contributed by atoms with van der Waals surface area (Å²) in [7, 11) is 0. The number of anilines is 3. The van der Waals surface area contributed by atoms with Gasteiger partial charge in [0.15, 0.2) is 0 Å². The monoisotopic (exact) mass is 493 g/mol. The summed E-state index contributed by atoms with van der Waals surface area (Å²) < 4.78 is 8.91. The molecule has 1 spiro atoms. The number of hydrogen-bond acceptors (Lipinski definition) is 9. The van der Waals surface area contributed by atoms with E-state index >= 15 is 0 Å².